The van der Waals surface area contributed by atoms with Crippen LogP contribution in [0.3, 0.4) is 0 Å². The molecule has 2 rings (SSSR count). The van der Waals surface area contributed by atoms with Gasteiger partial charge < -0.3 is 10.4 Å². The normalized spacial score (nSPS) is 20.5. The second-order valence-electron chi connectivity index (χ2n) is 4.19. The lowest BCUT2D eigenvalue weighted by Crippen LogP contribution is -2.26. The number of hydrogen-bond acceptors (Lipinski definition) is 4. The Morgan fingerprint density at radius 2 is 2.13 bits per heavy atom. The molecule has 1 aromatic rings. The summed E-state index contributed by atoms with van der Waals surface area (Å²) in [6.45, 7) is 6.01. The molecule has 1 saturated heterocycles. The maximum absolute atomic E-state index is 9.55. The van der Waals surface area contributed by atoms with E-state index in [2.05, 4.69) is 10.3 Å². The van der Waals surface area contributed by atoms with Crippen LogP contribution in [-0.4, -0.2) is 23.2 Å². The van der Waals surface area contributed by atoms with Crippen LogP contribution in [0, 0.1) is 6.92 Å². The summed E-state index contributed by atoms with van der Waals surface area (Å²) in [6, 6.07) is 0. The molecule has 4 heteroatoms. The number of nitrogens with zero attached hydrogens (tertiary/aromatic N) is 1. The van der Waals surface area contributed by atoms with Crippen molar-refractivity contribution in [2.45, 2.75) is 38.7 Å². The number of aromatic nitrogens is 1. The highest BCUT2D eigenvalue weighted by Gasteiger charge is 2.21. The highest BCUT2D eigenvalue weighted by molar-refractivity contribution is 7.11. The third kappa shape index (κ3) is 2.38. The van der Waals surface area contributed by atoms with Crippen LogP contribution in [0.2, 0.25) is 0 Å². The molecule has 1 aliphatic heterocycles. The first-order valence-corrected chi connectivity index (χ1v) is 6.36. The van der Waals surface area contributed by atoms with E-state index < -0.39 is 6.10 Å². The molecule has 2 heterocycles. The summed E-state index contributed by atoms with van der Waals surface area (Å²) >= 11 is 1.75. The number of piperidine rings is 1. The summed E-state index contributed by atoms with van der Waals surface area (Å²) in [5.41, 5.74) is 0.869. The van der Waals surface area contributed by atoms with E-state index in [0.717, 1.165) is 18.8 Å². The molecule has 0 radical (unpaired) electrons. The fourth-order valence-corrected chi connectivity index (χ4v) is 3.24. The van der Waals surface area contributed by atoms with E-state index in [1.54, 1.807) is 18.3 Å². The lowest BCUT2D eigenvalue weighted by molar-refractivity contribution is 0.194. The molecule has 1 unspecified atom stereocenters. The van der Waals surface area contributed by atoms with Crippen molar-refractivity contribution in [2.75, 3.05) is 13.1 Å². The summed E-state index contributed by atoms with van der Waals surface area (Å²) in [4.78, 5) is 5.74. The Labute approximate surface area is 94.5 Å². The third-order valence-electron chi connectivity index (χ3n) is 2.93. The zero-order chi connectivity index (χ0) is 10.8. The fourth-order valence-electron chi connectivity index (χ4n) is 2.06. The van der Waals surface area contributed by atoms with E-state index in [1.807, 2.05) is 6.92 Å². The Morgan fingerprint density at radius 3 is 2.67 bits per heavy atom. The molecule has 0 saturated carbocycles. The molecule has 1 aromatic heterocycles. The van der Waals surface area contributed by atoms with Crippen LogP contribution in [0.1, 0.15) is 47.4 Å². The maximum Gasteiger partial charge on any atom is 0.0964 e. The largest absolute Gasteiger partial charge is 0.387 e. The van der Waals surface area contributed by atoms with Crippen LogP contribution in [0.15, 0.2) is 0 Å². The summed E-state index contributed by atoms with van der Waals surface area (Å²) in [7, 11) is 0. The lowest BCUT2D eigenvalue weighted by Gasteiger charge is -2.20. The smallest absolute Gasteiger partial charge is 0.0964 e. The molecule has 0 bridgehead atoms. The van der Waals surface area contributed by atoms with E-state index >= 15 is 0 Å². The fraction of sp³-hybridized carbons (Fsp3) is 0.727. The van der Waals surface area contributed by atoms with Crippen LogP contribution in [-0.2, 0) is 0 Å². The van der Waals surface area contributed by atoms with Gasteiger partial charge >= 0.3 is 0 Å². The van der Waals surface area contributed by atoms with Gasteiger partial charge in [0.15, 0.2) is 0 Å². The van der Waals surface area contributed by atoms with Crippen LogP contribution in [0.4, 0.5) is 0 Å². The quantitative estimate of drug-likeness (QED) is 0.810. The van der Waals surface area contributed by atoms with E-state index in [1.165, 1.54) is 22.7 Å². The van der Waals surface area contributed by atoms with E-state index in [4.69, 9.17) is 0 Å². The lowest BCUT2D eigenvalue weighted by atomic mass is 9.99. The van der Waals surface area contributed by atoms with Gasteiger partial charge in [0.1, 0.15) is 0 Å². The molecular weight excluding hydrogens is 208 g/mol. The Morgan fingerprint density at radius 1 is 1.47 bits per heavy atom. The Bertz CT molecular complexity index is 329. The third-order valence-corrected chi connectivity index (χ3v) is 4.08. The van der Waals surface area contributed by atoms with Crippen molar-refractivity contribution < 1.29 is 5.11 Å². The number of aryl methyl sites for hydroxylation is 1. The van der Waals surface area contributed by atoms with Crippen LogP contribution in [0.25, 0.3) is 0 Å². The second kappa shape index (κ2) is 4.60. The second-order valence-corrected chi connectivity index (χ2v) is 5.43. The molecule has 1 atom stereocenters. The highest BCUT2D eigenvalue weighted by atomic mass is 32.1. The average Bonchev–Trinajstić information content (AvgIpc) is 2.62. The van der Waals surface area contributed by atoms with Crippen LogP contribution < -0.4 is 5.32 Å². The first-order chi connectivity index (χ1) is 7.18. The zero-order valence-electron chi connectivity index (χ0n) is 9.29. The number of aliphatic hydroxyl groups is 1. The Hall–Kier alpha value is -0.450. The highest BCUT2D eigenvalue weighted by Crippen LogP contribution is 2.32. The van der Waals surface area contributed by atoms with Gasteiger partial charge in [-0.3, -0.25) is 0 Å². The van der Waals surface area contributed by atoms with Crippen molar-refractivity contribution in [1.82, 2.24) is 10.3 Å². The molecule has 84 valence electrons. The van der Waals surface area contributed by atoms with Gasteiger partial charge in [-0.15, -0.1) is 11.3 Å². The van der Waals surface area contributed by atoms with Crippen molar-refractivity contribution >= 4 is 11.3 Å². The first kappa shape index (κ1) is 11.0. The number of aliphatic hydroxyl groups excluding tert-OH is 1. The minimum absolute atomic E-state index is 0.434. The van der Waals surface area contributed by atoms with Crippen LogP contribution in [0.5, 0.6) is 0 Å². The number of rotatable bonds is 2. The maximum atomic E-state index is 9.55. The predicted octanol–water partition coefficient (Wildman–Crippen LogP) is 1.97. The molecule has 0 spiro atoms. The van der Waals surface area contributed by atoms with Crippen molar-refractivity contribution in [3.05, 3.63) is 15.6 Å². The molecule has 1 aliphatic rings. The van der Waals surface area contributed by atoms with Crippen molar-refractivity contribution in [3.8, 4) is 0 Å². The summed E-state index contributed by atoms with van der Waals surface area (Å²) in [5, 5.41) is 14.1. The van der Waals surface area contributed by atoms with Gasteiger partial charge in [-0.25, -0.2) is 4.98 Å². The van der Waals surface area contributed by atoms with Crippen molar-refractivity contribution in [1.29, 1.82) is 0 Å². The molecule has 15 heavy (non-hydrogen) atoms. The van der Waals surface area contributed by atoms with Gasteiger partial charge in [-0.05, 0) is 39.8 Å². The van der Waals surface area contributed by atoms with Gasteiger partial charge in [0, 0.05) is 10.8 Å². The first-order valence-electron chi connectivity index (χ1n) is 5.54. The minimum Gasteiger partial charge on any atom is -0.387 e. The predicted molar refractivity (Wildman–Crippen MR) is 62.3 cm³/mol. The summed E-state index contributed by atoms with van der Waals surface area (Å²) in [5.74, 6) is 0.599. The van der Waals surface area contributed by atoms with Crippen molar-refractivity contribution in [2.24, 2.45) is 0 Å². The molecular formula is C11H18N2OS. The van der Waals surface area contributed by atoms with Crippen molar-refractivity contribution in [3.63, 3.8) is 0 Å². The molecule has 2 N–H and O–H groups in total. The number of thiazole rings is 1. The van der Waals surface area contributed by atoms with Gasteiger partial charge in [0.25, 0.3) is 0 Å². The van der Waals surface area contributed by atoms with Gasteiger partial charge in [0.05, 0.1) is 16.8 Å². The molecule has 1 fully saturated rings. The number of nitrogens with one attached hydrogen (secondary N) is 1. The summed E-state index contributed by atoms with van der Waals surface area (Å²) in [6.07, 6.45) is 1.91. The summed E-state index contributed by atoms with van der Waals surface area (Å²) < 4.78 is 0. The molecule has 3 nitrogen and oxygen atoms in total. The standard InChI is InChI=1S/C11H18N2OS/c1-7(14)10-8(2)15-11(13-10)9-3-5-12-6-4-9/h7,9,12,14H,3-6H2,1-2H3. The van der Waals surface area contributed by atoms with Gasteiger partial charge in [-0.2, -0.15) is 0 Å². The monoisotopic (exact) mass is 226 g/mol. The van der Waals surface area contributed by atoms with E-state index in [0.29, 0.717) is 5.92 Å². The Balaban J connectivity index is 2.17. The van der Waals surface area contributed by atoms with Crippen LogP contribution >= 0.6 is 11.3 Å². The van der Waals surface area contributed by atoms with Gasteiger partial charge in [-0.1, -0.05) is 0 Å². The Kier molecular flexibility index (Phi) is 3.38. The van der Waals surface area contributed by atoms with Gasteiger partial charge in [0.2, 0.25) is 0 Å². The number of hydrogen-bond donors (Lipinski definition) is 2. The van der Waals surface area contributed by atoms with E-state index in [-0.39, 0.29) is 0 Å². The average molecular weight is 226 g/mol. The SMILES string of the molecule is Cc1sc(C2CCNCC2)nc1C(C)O. The topological polar surface area (TPSA) is 45.2 Å². The molecule has 0 aromatic carbocycles. The zero-order valence-corrected chi connectivity index (χ0v) is 10.1. The minimum atomic E-state index is -0.434. The van der Waals surface area contributed by atoms with E-state index in [9.17, 15) is 5.11 Å². The molecule has 0 aliphatic carbocycles. The molecule has 0 amide bonds.